The van der Waals surface area contributed by atoms with Crippen molar-refractivity contribution in [2.75, 3.05) is 32.8 Å². The minimum atomic E-state index is -0.0435. The molecule has 1 aromatic rings. The molecule has 2 fully saturated rings. The van der Waals surface area contributed by atoms with Gasteiger partial charge in [-0.2, -0.15) is 0 Å². The van der Waals surface area contributed by atoms with E-state index in [1.165, 1.54) is 0 Å². The molecule has 27 heavy (non-hydrogen) atoms. The van der Waals surface area contributed by atoms with Gasteiger partial charge in [0.25, 0.3) is 0 Å². The van der Waals surface area contributed by atoms with Gasteiger partial charge in [0, 0.05) is 31.7 Å². The van der Waals surface area contributed by atoms with Gasteiger partial charge >= 0.3 is 0 Å². The van der Waals surface area contributed by atoms with E-state index in [9.17, 15) is 0 Å². The van der Waals surface area contributed by atoms with Crippen LogP contribution in [0.15, 0.2) is 15.6 Å². The van der Waals surface area contributed by atoms with Crippen LogP contribution >= 0.6 is 24.0 Å². The highest BCUT2D eigenvalue weighted by Crippen LogP contribution is 2.23. The van der Waals surface area contributed by atoms with E-state index in [0.29, 0.717) is 19.0 Å². The molecule has 1 aromatic heterocycles. The summed E-state index contributed by atoms with van der Waals surface area (Å²) >= 11 is 0. The molecule has 2 aliphatic heterocycles. The molecule has 0 amide bonds. The first-order valence-corrected chi connectivity index (χ1v) is 9.69. The Balaban J connectivity index is 0.00000261. The van der Waals surface area contributed by atoms with Gasteiger partial charge in [0.15, 0.2) is 5.96 Å². The van der Waals surface area contributed by atoms with Crippen LogP contribution < -0.4 is 5.32 Å². The fourth-order valence-electron chi connectivity index (χ4n) is 3.29. The predicted octanol–water partition coefficient (Wildman–Crippen LogP) is 2.94. The Labute approximate surface area is 179 Å². The first-order chi connectivity index (χ1) is 12.5. The molecular weight excluding hydrogens is 459 g/mol. The van der Waals surface area contributed by atoms with Crippen LogP contribution in [0.3, 0.4) is 0 Å². The number of morpholine rings is 1. The number of ether oxygens (including phenoxy) is 2. The molecule has 0 saturated carbocycles. The quantitative estimate of drug-likeness (QED) is 0.396. The van der Waals surface area contributed by atoms with Gasteiger partial charge in [-0.1, -0.05) is 20.8 Å². The van der Waals surface area contributed by atoms with Crippen molar-refractivity contribution in [3.8, 4) is 0 Å². The number of hydrogen-bond acceptors (Lipinski definition) is 5. The standard InChI is InChI=1S/C19H32N4O3.HI/c1-5-20-18(22-12-17-21-11-16(26-17)19(2,3)4)23-8-10-25-15(13-23)14-7-6-9-24-14;/h11,14-15H,5-10,12-13H2,1-4H3,(H,20,22);1H. The van der Waals surface area contributed by atoms with Crippen molar-refractivity contribution < 1.29 is 13.9 Å². The molecule has 0 bridgehead atoms. The third-order valence-corrected chi connectivity index (χ3v) is 4.76. The smallest absolute Gasteiger partial charge is 0.216 e. The first-order valence-electron chi connectivity index (χ1n) is 9.69. The minimum absolute atomic E-state index is 0. The zero-order valence-electron chi connectivity index (χ0n) is 16.9. The zero-order chi connectivity index (χ0) is 18.6. The number of guanidine groups is 1. The van der Waals surface area contributed by atoms with E-state index < -0.39 is 0 Å². The van der Waals surface area contributed by atoms with Crippen molar-refractivity contribution in [2.45, 2.75) is 64.7 Å². The van der Waals surface area contributed by atoms with Crippen LogP contribution in [-0.2, 0) is 21.4 Å². The number of rotatable bonds is 4. The van der Waals surface area contributed by atoms with Gasteiger partial charge in [-0.25, -0.2) is 9.98 Å². The van der Waals surface area contributed by atoms with Crippen molar-refractivity contribution >= 4 is 29.9 Å². The Morgan fingerprint density at radius 1 is 1.30 bits per heavy atom. The Bertz CT molecular complexity index is 608. The van der Waals surface area contributed by atoms with E-state index in [0.717, 1.165) is 50.8 Å². The summed E-state index contributed by atoms with van der Waals surface area (Å²) in [6.45, 7) is 12.8. The van der Waals surface area contributed by atoms with E-state index in [1.807, 2.05) is 0 Å². The molecule has 0 radical (unpaired) electrons. The molecule has 2 atom stereocenters. The summed E-state index contributed by atoms with van der Waals surface area (Å²) < 4.78 is 17.6. The molecule has 8 heteroatoms. The van der Waals surface area contributed by atoms with Gasteiger partial charge in [0.05, 0.1) is 18.9 Å². The second kappa shape index (κ2) is 10.1. The largest absolute Gasteiger partial charge is 0.443 e. The maximum absolute atomic E-state index is 5.94. The topological polar surface area (TPSA) is 72.1 Å². The van der Waals surface area contributed by atoms with Gasteiger partial charge in [-0.3, -0.25) is 0 Å². The average molecular weight is 492 g/mol. The summed E-state index contributed by atoms with van der Waals surface area (Å²) in [7, 11) is 0. The van der Waals surface area contributed by atoms with E-state index in [2.05, 4.69) is 42.9 Å². The Morgan fingerprint density at radius 3 is 2.70 bits per heavy atom. The Hall–Kier alpha value is -0.870. The van der Waals surface area contributed by atoms with Crippen molar-refractivity contribution in [1.29, 1.82) is 0 Å². The van der Waals surface area contributed by atoms with Crippen molar-refractivity contribution in [1.82, 2.24) is 15.2 Å². The molecule has 154 valence electrons. The number of hydrogen-bond donors (Lipinski definition) is 1. The average Bonchev–Trinajstić information content (AvgIpc) is 3.30. The highest BCUT2D eigenvalue weighted by Gasteiger charge is 2.32. The molecule has 0 aliphatic carbocycles. The third-order valence-electron chi connectivity index (χ3n) is 4.76. The predicted molar refractivity (Wildman–Crippen MR) is 116 cm³/mol. The maximum Gasteiger partial charge on any atom is 0.216 e. The molecular formula is C19H33IN4O3. The lowest BCUT2D eigenvalue weighted by molar-refractivity contribution is -0.0817. The lowest BCUT2D eigenvalue weighted by Gasteiger charge is -2.37. The highest BCUT2D eigenvalue weighted by molar-refractivity contribution is 14.0. The molecule has 2 aliphatic rings. The lowest BCUT2D eigenvalue weighted by Crippen LogP contribution is -2.53. The minimum Gasteiger partial charge on any atom is -0.443 e. The monoisotopic (exact) mass is 492 g/mol. The van der Waals surface area contributed by atoms with Gasteiger partial charge in [-0.05, 0) is 19.8 Å². The summed E-state index contributed by atoms with van der Waals surface area (Å²) in [4.78, 5) is 11.4. The van der Waals surface area contributed by atoms with Crippen LogP contribution in [-0.4, -0.2) is 60.9 Å². The van der Waals surface area contributed by atoms with Gasteiger partial charge < -0.3 is 24.1 Å². The van der Waals surface area contributed by atoms with E-state index in [1.54, 1.807) is 6.20 Å². The Kier molecular flexibility index (Phi) is 8.36. The number of aromatic nitrogens is 1. The molecule has 3 heterocycles. The fraction of sp³-hybridized carbons (Fsp3) is 0.789. The molecule has 2 saturated heterocycles. The molecule has 0 aromatic carbocycles. The molecule has 1 N–H and O–H groups in total. The highest BCUT2D eigenvalue weighted by atomic mass is 127. The van der Waals surface area contributed by atoms with Crippen LogP contribution in [0.4, 0.5) is 0 Å². The third kappa shape index (κ3) is 6.05. The Morgan fingerprint density at radius 2 is 2.07 bits per heavy atom. The number of halogens is 1. The summed E-state index contributed by atoms with van der Waals surface area (Å²) in [5.41, 5.74) is -0.0435. The molecule has 2 unspecified atom stereocenters. The van der Waals surface area contributed by atoms with Crippen LogP contribution in [0.5, 0.6) is 0 Å². The van der Waals surface area contributed by atoms with Crippen LogP contribution in [0, 0.1) is 0 Å². The van der Waals surface area contributed by atoms with Crippen LogP contribution in [0.2, 0.25) is 0 Å². The number of aliphatic imine (C=N–C) groups is 1. The second-order valence-corrected chi connectivity index (χ2v) is 7.95. The molecule has 7 nitrogen and oxygen atoms in total. The summed E-state index contributed by atoms with van der Waals surface area (Å²) in [6.07, 6.45) is 4.34. The van der Waals surface area contributed by atoms with E-state index >= 15 is 0 Å². The number of oxazole rings is 1. The van der Waals surface area contributed by atoms with Crippen LogP contribution in [0.1, 0.15) is 52.2 Å². The molecule has 0 spiro atoms. The van der Waals surface area contributed by atoms with Crippen LogP contribution in [0.25, 0.3) is 0 Å². The zero-order valence-corrected chi connectivity index (χ0v) is 19.2. The molecule has 3 rings (SSSR count). The number of nitrogens with one attached hydrogen (secondary N) is 1. The SMILES string of the molecule is CCNC(=NCc1ncc(C(C)(C)C)o1)N1CCOC(C2CCCO2)C1.I. The van der Waals surface area contributed by atoms with Crippen molar-refractivity contribution in [3.05, 3.63) is 17.8 Å². The van der Waals surface area contributed by atoms with Gasteiger partial charge in [0.2, 0.25) is 5.89 Å². The van der Waals surface area contributed by atoms with Gasteiger partial charge in [-0.15, -0.1) is 24.0 Å². The normalized spacial score (nSPS) is 24.0. The number of nitrogens with zero attached hydrogens (tertiary/aromatic N) is 3. The van der Waals surface area contributed by atoms with Crippen molar-refractivity contribution in [2.24, 2.45) is 4.99 Å². The van der Waals surface area contributed by atoms with Gasteiger partial charge in [0.1, 0.15) is 18.4 Å². The van der Waals surface area contributed by atoms with Crippen molar-refractivity contribution in [3.63, 3.8) is 0 Å². The maximum atomic E-state index is 5.94. The first kappa shape index (κ1) is 22.4. The van der Waals surface area contributed by atoms with E-state index in [4.69, 9.17) is 18.9 Å². The lowest BCUT2D eigenvalue weighted by atomic mass is 9.94. The summed E-state index contributed by atoms with van der Waals surface area (Å²) in [6, 6.07) is 0. The summed E-state index contributed by atoms with van der Waals surface area (Å²) in [5, 5.41) is 3.38. The summed E-state index contributed by atoms with van der Waals surface area (Å²) in [5.74, 6) is 2.42. The van der Waals surface area contributed by atoms with E-state index in [-0.39, 0.29) is 41.6 Å². The second-order valence-electron chi connectivity index (χ2n) is 7.95. The fourth-order valence-corrected chi connectivity index (χ4v) is 3.29.